The quantitative estimate of drug-likeness (QED) is 0.278. The first-order valence-corrected chi connectivity index (χ1v) is 12.4. The minimum atomic E-state index is -0.884. The van der Waals surface area contributed by atoms with Crippen molar-refractivity contribution >= 4 is 34.8 Å². The van der Waals surface area contributed by atoms with Crippen molar-refractivity contribution in [3.8, 4) is 23.3 Å². The molecule has 0 aliphatic heterocycles. The Hall–Kier alpha value is -3.61. The van der Waals surface area contributed by atoms with Gasteiger partial charge in [0.1, 0.15) is 11.8 Å². The Balaban J connectivity index is 0.000000926. The van der Waals surface area contributed by atoms with Crippen LogP contribution in [0.2, 0.25) is 10.0 Å². The van der Waals surface area contributed by atoms with Crippen LogP contribution in [0, 0.1) is 29.6 Å². The molecule has 0 radical (unpaired) electrons. The fourth-order valence-electron chi connectivity index (χ4n) is 2.88. The molecule has 0 amide bonds. The van der Waals surface area contributed by atoms with Gasteiger partial charge in [0.2, 0.25) is 5.69 Å². The Morgan fingerprint density at radius 3 is 2.18 bits per heavy atom. The van der Waals surface area contributed by atoms with Crippen LogP contribution in [0.5, 0.6) is 11.5 Å². The van der Waals surface area contributed by atoms with E-state index in [9.17, 15) is 9.59 Å². The number of methoxy groups -OCH3 is 1. The molecule has 0 spiro atoms. The smallest absolute Gasteiger partial charge is 0.349 e. The van der Waals surface area contributed by atoms with Crippen molar-refractivity contribution in [2.45, 2.75) is 48.5 Å². The third-order valence-corrected chi connectivity index (χ3v) is 5.04. The van der Waals surface area contributed by atoms with Gasteiger partial charge in [-0.2, -0.15) is 9.94 Å². The second-order valence-corrected chi connectivity index (χ2v) is 11.0. The summed E-state index contributed by atoms with van der Waals surface area (Å²) < 4.78 is 12.0. The number of nitrogens with one attached hydrogen (secondary N) is 1. The van der Waals surface area contributed by atoms with Gasteiger partial charge in [0, 0.05) is 5.92 Å². The number of ether oxygens (including phenoxy) is 2. The molecule has 3 aromatic rings. The molecule has 0 fully saturated rings. The molecule has 1 heterocycles. The van der Waals surface area contributed by atoms with E-state index in [4.69, 9.17) is 37.9 Å². The van der Waals surface area contributed by atoms with Crippen molar-refractivity contribution in [1.82, 2.24) is 14.8 Å². The molecule has 0 saturated heterocycles. The predicted octanol–water partition coefficient (Wildman–Crippen LogP) is 6.58. The highest BCUT2D eigenvalue weighted by atomic mass is 35.5. The van der Waals surface area contributed by atoms with E-state index < -0.39 is 16.9 Å². The number of nitriles is 1. The largest absolute Gasteiger partial charge is 0.484 e. The van der Waals surface area contributed by atoms with Crippen molar-refractivity contribution in [3.05, 3.63) is 72.5 Å². The summed E-state index contributed by atoms with van der Waals surface area (Å²) in [6.45, 7) is 14.6. The Morgan fingerprint density at radius 2 is 1.71 bits per heavy atom. The summed E-state index contributed by atoms with van der Waals surface area (Å²) in [5.74, 6) is 1.38. The second-order valence-electron chi connectivity index (χ2n) is 10.2. The summed E-state index contributed by atoms with van der Waals surface area (Å²) in [6, 6.07) is 9.66. The molecule has 0 unspecified atom stereocenters. The molecule has 2 aromatic carbocycles. The lowest BCUT2D eigenvalue weighted by Crippen LogP contribution is -2.33. The maximum atomic E-state index is 12.1. The molecule has 0 bridgehead atoms. The molecule has 202 valence electrons. The molecule has 9 nitrogen and oxygen atoms in total. The van der Waals surface area contributed by atoms with E-state index >= 15 is 0 Å². The van der Waals surface area contributed by atoms with Crippen molar-refractivity contribution in [3.63, 3.8) is 0 Å². The van der Waals surface area contributed by atoms with Gasteiger partial charge in [-0.25, -0.2) is 9.79 Å². The lowest BCUT2D eigenvalue weighted by atomic mass is 10.0. The minimum Gasteiger partial charge on any atom is -0.484 e. The fraction of sp³-hybridized carbons (Fsp3) is 0.370. The van der Waals surface area contributed by atoms with Crippen molar-refractivity contribution in [2.24, 2.45) is 16.3 Å². The van der Waals surface area contributed by atoms with Crippen molar-refractivity contribution in [1.29, 1.82) is 5.26 Å². The average Bonchev–Trinajstić information content (AvgIpc) is 2.79. The van der Waals surface area contributed by atoms with Gasteiger partial charge in [-0.3, -0.25) is 9.78 Å². The minimum absolute atomic E-state index is 0.0946. The van der Waals surface area contributed by atoms with Crippen LogP contribution in [0.15, 0.2) is 44.9 Å². The maximum Gasteiger partial charge on any atom is 0.349 e. The SMILES string of the molecule is CC(C)(C)C.COC(=Nc1ccc(Oc2c(Cl)cc(-n3nc(C#N)c(=O)[nH]c3=O)cc2Cl)cc1C)C(C)C. The predicted molar refractivity (Wildman–Crippen MR) is 151 cm³/mol. The molecule has 0 aliphatic rings. The van der Waals surface area contributed by atoms with Gasteiger partial charge >= 0.3 is 5.69 Å². The highest BCUT2D eigenvalue weighted by Gasteiger charge is 2.16. The van der Waals surface area contributed by atoms with Crippen LogP contribution in [-0.2, 0) is 4.74 Å². The molecular weight excluding hydrogens is 529 g/mol. The van der Waals surface area contributed by atoms with Crippen LogP contribution in [0.3, 0.4) is 0 Å². The number of nitrogens with zero attached hydrogens (tertiary/aromatic N) is 4. The number of aromatic amines is 1. The van der Waals surface area contributed by atoms with E-state index in [0.29, 0.717) is 17.1 Å². The first kappa shape index (κ1) is 30.6. The van der Waals surface area contributed by atoms with Crippen molar-refractivity contribution < 1.29 is 9.47 Å². The fourth-order valence-corrected chi connectivity index (χ4v) is 3.43. The van der Waals surface area contributed by atoms with E-state index in [1.165, 1.54) is 12.1 Å². The van der Waals surface area contributed by atoms with Gasteiger partial charge in [0.15, 0.2) is 11.6 Å². The third kappa shape index (κ3) is 8.47. The molecule has 0 atom stereocenters. The van der Waals surface area contributed by atoms with Gasteiger partial charge in [0.05, 0.1) is 28.5 Å². The van der Waals surface area contributed by atoms with Crippen LogP contribution < -0.4 is 16.0 Å². The summed E-state index contributed by atoms with van der Waals surface area (Å²) in [6.07, 6.45) is 0. The summed E-state index contributed by atoms with van der Waals surface area (Å²) in [4.78, 5) is 30.2. The molecule has 0 aliphatic carbocycles. The lowest BCUT2D eigenvalue weighted by Gasteiger charge is -2.13. The molecule has 3 rings (SSSR count). The van der Waals surface area contributed by atoms with Crippen molar-refractivity contribution in [2.75, 3.05) is 7.11 Å². The van der Waals surface area contributed by atoms with E-state index in [-0.39, 0.29) is 27.4 Å². The molecule has 1 N–H and O–H groups in total. The lowest BCUT2D eigenvalue weighted by molar-refractivity contribution is 0.375. The summed E-state index contributed by atoms with van der Waals surface area (Å²) in [7, 11) is 1.58. The highest BCUT2D eigenvalue weighted by Crippen LogP contribution is 2.39. The number of aliphatic imine (C=N–C) groups is 1. The van der Waals surface area contributed by atoms with Gasteiger partial charge in [-0.05, 0) is 48.2 Å². The van der Waals surface area contributed by atoms with Crippen LogP contribution in [-0.4, -0.2) is 27.8 Å². The van der Waals surface area contributed by atoms with Crippen LogP contribution >= 0.6 is 23.2 Å². The van der Waals surface area contributed by atoms with E-state index in [1.807, 2.05) is 25.8 Å². The average molecular weight is 560 g/mol. The summed E-state index contributed by atoms with van der Waals surface area (Å²) >= 11 is 12.7. The van der Waals surface area contributed by atoms with Gasteiger partial charge < -0.3 is 9.47 Å². The number of halogens is 2. The molecule has 1 aromatic heterocycles. The zero-order valence-electron chi connectivity index (χ0n) is 22.6. The van der Waals surface area contributed by atoms with E-state index in [1.54, 1.807) is 31.4 Å². The number of H-pyrrole nitrogens is 1. The normalized spacial score (nSPS) is 11.5. The molecule has 38 heavy (non-hydrogen) atoms. The zero-order valence-corrected chi connectivity index (χ0v) is 24.2. The Bertz CT molecular complexity index is 1470. The monoisotopic (exact) mass is 559 g/mol. The van der Waals surface area contributed by atoms with Crippen LogP contribution in [0.1, 0.15) is 52.8 Å². The third-order valence-electron chi connectivity index (χ3n) is 4.48. The molecule has 11 heteroatoms. The van der Waals surface area contributed by atoms with Gasteiger partial charge in [-0.15, -0.1) is 5.10 Å². The zero-order chi connectivity index (χ0) is 28.8. The Labute approximate surface area is 231 Å². The second kappa shape index (κ2) is 12.8. The van der Waals surface area contributed by atoms with Gasteiger partial charge in [-0.1, -0.05) is 64.7 Å². The Morgan fingerprint density at radius 1 is 1.13 bits per heavy atom. The number of rotatable bonds is 5. The standard InChI is InChI=1S/C22H19Cl2N5O4.C5H12/c1-11(2)21(32-4)26-17-6-5-14(7-12(17)3)33-19-15(23)8-13(9-16(19)24)29-22(31)27-20(30)18(10-25)28-29;1-5(2,3)4/h5-9,11H,1-4H3,(H,27,30,31);1-4H3. The number of benzene rings is 2. The topological polar surface area (TPSA) is 122 Å². The Kier molecular flexibility index (Phi) is 10.3. The maximum absolute atomic E-state index is 12.1. The number of hydrogen-bond donors (Lipinski definition) is 1. The number of aromatic nitrogens is 3. The summed E-state index contributed by atoms with van der Waals surface area (Å²) in [5, 5.41) is 12.9. The van der Waals surface area contributed by atoms with E-state index in [2.05, 4.69) is 37.8 Å². The molecular formula is C27H31Cl2N5O4. The van der Waals surface area contributed by atoms with E-state index in [0.717, 1.165) is 15.9 Å². The van der Waals surface area contributed by atoms with Gasteiger partial charge in [0.25, 0.3) is 5.56 Å². The first-order valence-electron chi connectivity index (χ1n) is 11.7. The number of aryl methyl sites for hydroxylation is 1. The van der Waals surface area contributed by atoms with Crippen LogP contribution in [0.4, 0.5) is 5.69 Å². The molecule has 0 saturated carbocycles. The van der Waals surface area contributed by atoms with Crippen LogP contribution in [0.25, 0.3) is 5.69 Å². The summed E-state index contributed by atoms with van der Waals surface area (Å²) in [5.41, 5.74) is 0.0246. The number of hydrogen-bond acceptors (Lipinski definition) is 7. The first-order chi connectivity index (χ1) is 17.6. The highest BCUT2D eigenvalue weighted by molar-refractivity contribution is 6.37.